The lowest BCUT2D eigenvalue weighted by atomic mass is 9.57. The smallest absolute Gasteiger partial charge is 0.0277 e. The molecule has 2 unspecified atom stereocenters. The van der Waals surface area contributed by atoms with Gasteiger partial charge in [0.1, 0.15) is 0 Å². The van der Waals surface area contributed by atoms with Crippen molar-refractivity contribution < 1.29 is 0 Å². The van der Waals surface area contributed by atoms with Crippen molar-refractivity contribution in [3.05, 3.63) is 0 Å². The van der Waals surface area contributed by atoms with Crippen molar-refractivity contribution in [1.82, 2.24) is 0 Å². The van der Waals surface area contributed by atoms with Gasteiger partial charge in [-0.25, -0.2) is 0 Å². The molecular weight excluding hydrogens is 252 g/mol. The van der Waals surface area contributed by atoms with Crippen molar-refractivity contribution in [2.45, 2.75) is 102 Å². The molecule has 0 aromatic carbocycles. The molecule has 0 aliphatic rings. The number of hydrogen-bond donors (Lipinski definition) is 0. The average molecular weight is 297 g/mol. The monoisotopic (exact) mass is 296 g/mol. The van der Waals surface area contributed by atoms with E-state index in [0.717, 1.165) is 11.8 Å². The molecule has 0 aromatic rings. The van der Waals surface area contributed by atoms with Gasteiger partial charge in [-0.3, -0.25) is 0 Å². The predicted molar refractivity (Wildman–Crippen MR) is 98.7 cm³/mol. The Morgan fingerprint density at radius 2 is 1.14 bits per heavy atom. The van der Waals surface area contributed by atoms with Crippen molar-refractivity contribution in [1.29, 1.82) is 0 Å². The minimum Gasteiger partial charge on any atom is -0.0649 e. The maximum atomic E-state index is 2.48. The molecule has 2 atom stereocenters. The molecule has 0 amide bonds. The summed E-state index contributed by atoms with van der Waals surface area (Å²) in [5.41, 5.74) is 1.62. The molecule has 0 spiro atoms. The van der Waals surface area contributed by atoms with Crippen LogP contribution in [0.5, 0.6) is 0 Å². The van der Waals surface area contributed by atoms with Crippen molar-refractivity contribution in [2.24, 2.45) is 33.5 Å². The summed E-state index contributed by atoms with van der Waals surface area (Å²) in [6.45, 7) is 29.2. The fourth-order valence-corrected chi connectivity index (χ4v) is 3.81. The second-order valence-electron chi connectivity index (χ2n) is 10.7. The highest BCUT2D eigenvalue weighted by Gasteiger charge is 2.41. The lowest BCUT2D eigenvalue weighted by Gasteiger charge is -2.48. The normalized spacial score (nSPS) is 17.7. The third-order valence-electron chi connectivity index (χ3n) is 6.89. The van der Waals surface area contributed by atoms with Crippen LogP contribution in [0.4, 0.5) is 0 Å². The number of rotatable bonds is 7. The second-order valence-corrected chi connectivity index (χ2v) is 10.7. The predicted octanol–water partition coefficient (Wildman–Crippen LogP) is 7.57. The van der Waals surface area contributed by atoms with E-state index in [9.17, 15) is 0 Å². The summed E-state index contributed by atoms with van der Waals surface area (Å²) in [5.74, 6) is 1.51. The molecule has 0 heteroatoms. The quantitative estimate of drug-likeness (QED) is 0.454. The zero-order valence-corrected chi connectivity index (χ0v) is 17.3. The highest BCUT2D eigenvalue weighted by Crippen LogP contribution is 2.50. The van der Waals surface area contributed by atoms with Gasteiger partial charge in [-0.05, 0) is 46.3 Å². The molecule has 0 aliphatic carbocycles. The molecule has 0 aromatic heterocycles. The van der Waals surface area contributed by atoms with Crippen molar-refractivity contribution in [3.8, 4) is 0 Å². The van der Waals surface area contributed by atoms with Crippen molar-refractivity contribution >= 4 is 0 Å². The molecule has 0 saturated heterocycles. The van der Waals surface area contributed by atoms with Gasteiger partial charge in [0, 0.05) is 0 Å². The Bertz CT molecular complexity index is 311. The maximum Gasteiger partial charge on any atom is -0.0277 e. The third kappa shape index (κ3) is 5.61. The lowest BCUT2D eigenvalue weighted by Crippen LogP contribution is -2.39. The van der Waals surface area contributed by atoms with Gasteiger partial charge in [-0.2, -0.15) is 0 Å². The van der Waals surface area contributed by atoms with Crippen LogP contribution >= 0.6 is 0 Å². The fraction of sp³-hybridized carbons (Fsp3) is 1.00. The van der Waals surface area contributed by atoms with E-state index in [1.165, 1.54) is 19.3 Å². The Hall–Kier alpha value is 0. The molecule has 0 rings (SSSR count). The lowest BCUT2D eigenvalue weighted by molar-refractivity contribution is 0.0154. The van der Waals surface area contributed by atoms with Crippen LogP contribution in [0, 0.1) is 33.5 Å². The van der Waals surface area contributed by atoms with Gasteiger partial charge in [-0.15, -0.1) is 0 Å². The van der Waals surface area contributed by atoms with E-state index in [4.69, 9.17) is 0 Å². The first kappa shape index (κ1) is 21.0. The number of hydrogen-bond acceptors (Lipinski definition) is 0. The van der Waals surface area contributed by atoms with Crippen LogP contribution in [-0.4, -0.2) is 0 Å². The summed E-state index contributed by atoms with van der Waals surface area (Å²) in [7, 11) is 0. The van der Waals surface area contributed by atoms with E-state index < -0.39 is 0 Å². The zero-order chi connectivity index (χ0) is 17.3. The zero-order valence-electron chi connectivity index (χ0n) is 17.3. The van der Waals surface area contributed by atoms with Crippen LogP contribution in [0.1, 0.15) is 102 Å². The molecule has 0 nitrogen and oxygen atoms in total. The Labute approximate surface area is 136 Å². The van der Waals surface area contributed by atoms with Crippen LogP contribution < -0.4 is 0 Å². The molecule has 0 heterocycles. The summed E-state index contributed by atoms with van der Waals surface area (Å²) in [5, 5.41) is 0. The van der Waals surface area contributed by atoms with Crippen LogP contribution in [-0.2, 0) is 0 Å². The standard InChI is InChI=1S/C21H44/c1-13-20(9,10)21(11,12)17(3)14-16(2)19(7,8)15-18(4,5)6/h16-17H,13-15H2,1-12H3. The van der Waals surface area contributed by atoms with Gasteiger partial charge in [0.05, 0.1) is 0 Å². The molecule has 0 N–H and O–H groups in total. The summed E-state index contributed by atoms with van der Waals surface area (Å²) < 4.78 is 0. The molecule has 21 heavy (non-hydrogen) atoms. The van der Waals surface area contributed by atoms with E-state index >= 15 is 0 Å². The van der Waals surface area contributed by atoms with Crippen LogP contribution in [0.2, 0.25) is 0 Å². The fourth-order valence-electron chi connectivity index (χ4n) is 3.81. The Balaban J connectivity index is 4.97. The first-order valence-electron chi connectivity index (χ1n) is 9.07. The maximum absolute atomic E-state index is 2.48. The minimum absolute atomic E-state index is 0.383. The van der Waals surface area contributed by atoms with Crippen molar-refractivity contribution in [2.75, 3.05) is 0 Å². The molecular formula is C21H44. The molecule has 0 bridgehead atoms. The summed E-state index contributed by atoms with van der Waals surface area (Å²) in [4.78, 5) is 0. The molecule has 0 aliphatic heterocycles. The van der Waals surface area contributed by atoms with Crippen LogP contribution in [0.15, 0.2) is 0 Å². The van der Waals surface area contributed by atoms with E-state index in [1.54, 1.807) is 0 Å². The summed E-state index contributed by atoms with van der Waals surface area (Å²) >= 11 is 0. The largest absolute Gasteiger partial charge is 0.0649 e. The van der Waals surface area contributed by atoms with Gasteiger partial charge in [0.2, 0.25) is 0 Å². The van der Waals surface area contributed by atoms with Crippen molar-refractivity contribution in [3.63, 3.8) is 0 Å². The molecule has 0 saturated carbocycles. The van der Waals surface area contributed by atoms with Gasteiger partial charge in [-0.1, -0.05) is 89.5 Å². The van der Waals surface area contributed by atoms with Crippen LogP contribution in [0.3, 0.4) is 0 Å². The van der Waals surface area contributed by atoms with E-state index in [1.807, 2.05) is 0 Å². The summed E-state index contributed by atoms with van der Waals surface area (Å²) in [6.07, 6.45) is 3.88. The highest BCUT2D eigenvalue weighted by molar-refractivity contribution is 4.91. The first-order valence-corrected chi connectivity index (χ1v) is 9.07. The van der Waals surface area contributed by atoms with E-state index in [0.29, 0.717) is 21.7 Å². The molecule has 128 valence electrons. The van der Waals surface area contributed by atoms with Gasteiger partial charge in [0.25, 0.3) is 0 Å². The Morgan fingerprint density at radius 1 is 0.714 bits per heavy atom. The second kappa shape index (κ2) is 6.63. The Kier molecular flexibility index (Phi) is 6.63. The SMILES string of the molecule is CCC(C)(C)C(C)(C)C(C)CC(C)C(C)(C)CC(C)(C)C. The van der Waals surface area contributed by atoms with Crippen LogP contribution in [0.25, 0.3) is 0 Å². The Morgan fingerprint density at radius 3 is 1.48 bits per heavy atom. The topological polar surface area (TPSA) is 0 Å². The van der Waals surface area contributed by atoms with Gasteiger partial charge >= 0.3 is 0 Å². The third-order valence-corrected chi connectivity index (χ3v) is 6.89. The minimum atomic E-state index is 0.383. The van der Waals surface area contributed by atoms with Gasteiger partial charge < -0.3 is 0 Å². The molecule has 0 fully saturated rings. The average Bonchev–Trinajstić information content (AvgIpc) is 2.25. The highest BCUT2D eigenvalue weighted by atomic mass is 14.5. The first-order chi connectivity index (χ1) is 9.07. The van der Waals surface area contributed by atoms with Gasteiger partial charge in [0.15, 0.2) is 0 Å². The van der Waals surface area contributed by atoms with E-state index in [2.05, 4.69) is 83.1 Å². The summed E-state index contributed by atoms with van der Waals surface area (Å²) in [6, 6.07) is 0. The molecule has 0 radical (unpaired) electrons. The van der Waals surface area contributed by atoms with E-state index in [-0.39, 0.29) is 0 Å².